The van der Waals surface area contributed by atoms with Crippen LogP contribution in [0.15, 0.2) is 29.3 Å². The third-order valence-corrected chi connectivity index (χ3v) is 1.55. The second-order valence-corrected chi connectivity index (χ2v) is 2.77. The van der Waals surface area contributed by atoms with Gasteiger partial charge in [0.2, 0.25) is 0 Å². The van der Waals surface area contributed by atoms with Crippen LogP contribution in [0.5, 0.6) is 0 Å². The van der Waals surface area contributed by atoms with E-state index in [0.717, 1.165) is 0 Å². The molecule has 0 saturated heterocycles. The number of benzene rings is 1. The minimum atomic E-state index is -0.861. The molecule has 0 aliphatic carbocycles. The van der Waals surface area contributed by atoms with Crippen LogP contribution in [0.2, 0.25) is 0 Å². The number of halogens is 1. The first-order valence-electron chi connectivity index (χ1n) is 3.98. The van der Waals surface area contributed by atoms with E-state index in [1.54, 1.807) is 24.3 Å². The molecule has 5 nitrogen and oxygen atoms in total. The minimum absolute atomic E-state index is 0. The number of nitrogens with two attached hydrogens (primary N) is 2. The third-order valence-electron chi connectivity index (χ3n) is 1.55. The van der Waals surface area contributed by atoms with E-state index < -0.39 is 5.97 Å². The molecular weight excluding hydrogens is 218 g/mol. The number of hydrogen-bond acceptors (Lipinski definition) is 2. The standard InChI is InChI=1S/C9H11N3O2.ClH/c10-9(11)12-7-3-1-6(2-4-7)5-8(13)14;/h1-4H,5H2,(H,13,14)(H4,10,11,12);1H. The van der Waals surface area contributed by atoms with Gasteiger partial charge in [0, 0.05) is 0 Å². The molecule has 0 amide bonds. The number of guanidine groups is 1. The molecule has 0 spiro atoms. The number of hydrogen-bond donors (Lipinski definition) is 3. The summed E-state index contributed by atoms with van der Waals surface area (Å²) in [6.07, 6.45) is 0.00208. The lowest BCUT2D eigenvalue weighted by molar-refractivity contribution is -0.136. The SMILES string of the molecule is Cl.NC(N)=Nc1ccc(CC(=O)O)cc1. The average molecular weight is 230 g/mol. The summed E-state index contributed by atoms with van der Waals surface area (Å²) in [5.74, 6) is -0.879. The Morgan fingerprint density at radius 2 is 1.80 bits per heavy atom. The summed E-state index contributed by atoms with van der Waals surface area (Å²) in [5.41, 5.74) is 11.7. The zero-order valence-electron chi connectivity index (χ0n) is 7.88. The van der Waals surface area contributed by atoms with Gasteiger partial charge in [0.1, 0.15) is 0 Å². The lowest BCUT2D eigenvalue weighted by Crippen LogP contribution is -2.21. The highest BCUT2D eigenvalue weighted by Gasteiger charge is 1.99. The van der Waals surface area contributed by atoms with Crippen LogP contribution in [0, 0.1) is 0 Å². The predicted molar refractivity (Wildman–Crippen MR) is 60.5 cm³/mol. The molecule has 0 unspecified atom stereocenters. The maximum atomic E-state index is 10.4. The Labute approximate surface area is 93.2 Å². The van der Waals surface area contributed by atoms with Crippen LogP contribution in [0.1, 0.15) is 5.56 Å². The highest BCUT2D eigenvalue weighted by molar-refractivity contribution is 5.85. The predicted octanol–water partition coefficient (Wildman–Crippen LogP) is 0.640. The van der Waals surface area contributed by atoms with Crippen molar-refractivity contribution >= 4 is 30.0 Å². The second-order valence-electron chi connectivity index (χ2n) is 2.77. The molecule has 0 atom stereocenters. The molecule has 1 rings (SSSR count). The number of carbonyl (C=O) groups is 1. The first kappa shape index (κ1) is 13.2. The topological polar surface area (TPSA) is 102 Å². The van der Waals surface area contributed by atoms with Gasteiger partial charge in [-0.15, -0.1) is 12.4 Å². The van der Waals surface area contributed by atoms with Gasteiger partial charge in [0.05, 0.1) is 12.1 Å². The van der Waals surface area contributed by atoms with Crippen LogP contribution >= 0.6 is 12.4 Å². The number of carboxylic acids is 1. The number of rotatable bonds is 3. The van der Waals surface area contributed by atoms with Gasteiger partial charge in [-0.05, 0) is 17.7 Å². The van der Waals surface area contributed by atoms with Crippen LogP contribution in [0.4, 0.5) is 5.69 Å². The van der Waals surface area contributed by atoms with Gasteiger partial charge in [0.25, 0.3) is 0 Å². The van der Waals surface area contributed by atoms with Crippen LogP contribution in [-0.4, -0.2) is 17.0 Å². The Bertz CT molecular complexity index is 358. The first-order valence-corrected chi connectivity index (χ1v) is 3.98. The van der Waals surface area contributed by atoms with E-state index in [1.165, 1.54) is 0 Å². The quantitative estimate of drug-likeness (QED) is 0.523. The zero-order chi connectivity index (χ0) is 10.6. The van der Waals surface area contributed by atoms with Crippen LogP contribution < -0.4 is 11.5 Å². The van der Waals surface area contributed by atoms with Crippen LogP contribution in [-0.2, 0) is 11.2 Å². The fraction of sp³-hybridized carbons (Fsp3) is 0.111. The monoisotopic (exact) mass is 229 g/mol. The largest absolute Gasteiger partial charge is 0.481 e. The Morgan fingerprint density at radius 3 is 2.20 bits per heavy atom. The molecule has 0 saturated carbocycles. The number of nitrogens with zero attached hydrogens (tertiary/aromatic N) is 1. The fourth-order valence-electron chi connectivity index (χ4n) is 1.01. The smallest absolute Gasteiger partial charge is 0.307 e. The van der Waals surface area contributed by atoms with Gasteiger partial charge in [-0.3, -0.25) is 4.79 Å². The number of carboxylic acid groups (broad SMARTS) is 1. The second kappa shape index (κ2) is 5.87. The van der Waals surface area contributed by atoms with Crippen LogP contribution in [0.25, 0.3) is 0 Å². The van der Waals surface area contributed by atoms with E-state index in [0.29, 0.717) is 11.3 Å². The molecule has 6 heteroatoms. The van der Waals surface area contributed by atoms with Crippen molar-refractivity contribution in [1.82, 2.24) is 0 Å². The lowest BCUT2D eigenvalue weighted by Gasteiger charge is -1.98. The minimum Gasteiger partial charge on any atom is -0.481 e. The van der Waals surface area contributed by atoms with Crippen molar-refractivity contribution in [2.24, 2.45) is 16.5 Å². The molecule has 0 heterocycles. The summed E-state index contributed by atoms with van der Waals surface area (Å²) in [4.78, 5) is 14.2. The Kier molecular flexibility index (Phi) is 5.19. The van der Waals surface area contributed by atoms with Crippen molar-refractivity contribution in [2.75, 3.05) is 0 Å². The Balaban J connectivity index is 0.00000196. The van der Waals surface area contributed by atoms with Gasteiger partial charge in [-0.2, -0.15) is 0 Å². The van der Waals surface area contributed by atoms with Gasteiger partial charge in [-0.25, -0.2) is 4.99 Å². The molecule has 82 valence electrons. The molecule has 0 bridgehead atoms. The van der Waals surface area contributed by atoms with Crippen molar-refractivity contribution < 1.29 is 9.90 Å². The van der Waals surface area contributed by atoms with Crippen molar-refractivity contribution in [3.63, 3.8) is 0 Å². The van der Waals surface area contributed by atoms with Gasteiger partial charge in [-0.1, -0.05) is 12.1 Å². The first-order chi connectivity index (χ1) is 6.58. The maximum Gasteiger partial charge on any atom is 0.307 e. The van der Waals surface area contributed by atoms with Crippen molar-refractivity contribution in [2.45, 2.75) is 6.42 Å². The van der Waals surface area contributed by atoms with E-state index in [4.69, 9.17) is 16.6 Å². The summed E-state index contributed by atoms with van der Waals surface area (Å²) in [6.45, 7) is 0. The molecule has 0 aliphatic heterocycles. The van der Waals surface area contributed by atoms with Crippen molar-refractivity contribution in [3.8, 4) is 0 Å². The summed E-state index contributed by atoms with van der Waals surface area (Å²) in [7, 11) is 0. The molecular formula is C9H12ClN3O2. The van der Waals surface area contributed by atoms with E-state index in [2.05, 4.69) is 4.99 Å². The van der Waals surface area contributed by atoms with E-state index in [1.807, 2.05) is 0 Å². The zero-order valence-corrected chi connectivity index (χ0v) is 8.70. The summed E-state index contributed by atoms with van der Waals surface area (Å²) in [6, 6.07) is 6.68. The van der Waals surface area contributed by atoms with E-state index in [9.17, 15) is 4.79 Å². The van der Waals surface area contributed by atoms with Crippen molar-refractivity contribution in [3.05, 3.63) is 29.8 Å². The Morgan fingerprint density at radius 1 is 1.27 bits per heavy atom. The highest BCUT2D eigenvalue weighted by atomic mass is 35.5. The molecule has 0 aliphatic rings. The molecule has 5 N–H and O–H groups in total. The molecule has 15 heavy (non-hydrogen) atoms. The fourth-order valence-corrected chi connectivity index (χ4v) is 1.01. The number of aliphatic imine (C=N–C) groups is 1. The molecule has 0 radical (unpaired) electrons. The van der Waals surface area contributed by atoms with Gasteiger partial charge >= 0.3 is 5.97 Å². The summed E-state index contributed by atoms with van der Waals surface area (Å²) >= 11 is 0. The molecule has 0 fully saturated rings. The average Bonchev–Trinajstić information content (AvgIpc) is 2.06. The van der Waals surface area contributed by atoms with Crippen LogP contribution in [0.3, 0.4) is 0 Å². The maximum absolute atomic E-state index is 10.4. The normalized spacial score (nSPS) is 8.80. The molecule has 0 aromatic heterocycles. The van der Waals surface area contributed by atoms with E-state index >= 15 is 0 Å². The summed E-state index contributed by atoms with van der Waals surface area (Å²) in [5, 5.41) is 8.51. The summed E-state index contributed by atoms with van der Waals surface area (Å²) < 4.78 is 0. The third kappa shape index (κ3) is 4.87. The Hall–Kier alpha value is -1.75. The van der Waals surface area contributed by atoms with E-state index in [-0.39, 0.29) is 24.8 Å². The van der Waals surface area contributed by atoms with Gasteiger partial charge < -0.3 is 16.6 Å². The highest BCUT2D eigenvalue weighted by Crippen LogP contribution is 2.12. The number of aliphatic carboxylic acids is 1. The molecule has 1 aromatic carbocycles. The van der Waals surface area contributed by atoms with Gasteiger partial charge in [0.15, 0.2) is 5.96 Å². The van der Waals surface area contributed by atoms with Crippen molar-refractivity contribution in [1.29, 1.82) is 0 Å². The lowest BCUT2D eigenvalue weighted by atomic mass is 10.1. The molecule has 1 aromatic rings.